The number of hydrogen-bond donors (Lipinski definition) is 1. The second-order valence-electron chi connectivity index (χ2n) is 6.50. The molecule has 1 N–H and O–H groups in total. The Kier molecular flexibility index (Phi) is 4.52. The van der Waals surface area contributed by atoms with Gasteiger partial charge in [-0.25, -0.2) is 9.97 Å². The Hall–Kier alpha value is -2.22. The zero-order valence-corrected chi connectivity index (χ0v) is 15.3. The first-order valence-electron chi connectivity index (χ1n) is 8.48. The zero-order valence-electron chi connectivity index (χ0n) is 14.5. The summed E-state index contributed by atoms with van der Waals surface area (Å²) in [6.45, 7) is 5.27. The average molecular weight is 375 g/mol. The van der Waals surface area contributed by atoms with E-state index >= 15 is 0 Å². The average Bonchev–Trinajstić information content (AvgIpc) is 3.05. The normalized spacial score (nSPS) is 20.7. The highest BCUT2D eigenvalue weighted by molar-refractivity contribution is 6.38. The van der Waals surface area contributed by atoms with E-state index in [1.165, 1.54) is 0 Å². The van der Waals surface area contributed by atoms with Crippen LogP contribution in [0, 0.1) is 0 Å². The molecule has 0 bridgehead atoms. The Balaban J connectivity index is 1.86. The molecular formula is C18H19ClN4O3. The predicted octanol–water partition coefficient (Wildman–Crippen LogP) is 3.04. The van der Waals surface area contributed by atoms with Gasteiger partial charge in [0.15, 0.2) is 17.1 Å². The summed E-state index contributed by atoms with van der Waals surface area (Å²) >= 11 is 6.69. The van der Waals surface area contributed by atoms with Crippen molar-refractivity contribution in [3.8, 4) is 11.5 Å². The van der Waals surface area contributed by atoms with Crippen LogP contribution in [0.1, 0.15) is 19.4 Å². The molecule has 1 saturated heterocycles. The van der Waals surface area contributed by atoms with E-state index in [2.05, 4.69) is 20.0 Å². The molecule has 26 heavy (non-hydrogen) atoms. The lowest BCUT2D eigenvalue weighted by Crippen LogP contribution is -2.46. The number of aromatic nitrogens is 3. The minimum absolute atomic E-state index is 0.0695. The molecule has 2 atom stereocenters. The van der Waals surface area contributed by atoms with Crippen LogP contribution in [0.3, 0.4) is 0 Å². The van der Waals surface area contributed by atoms with Gasteiger partial charge in [0.1, 0.15) is 5.02 Å². The van der Waals surface area contributed by atoms with Crippen LogP contribution >= 0.6 is 11.6 Å². The molecule has 1 aliphatic rings. The second kappa shape index (κ2) is 6.83. The number of benzene rings is 1. The predicted molar refractivity (Wildman–Crippen MR) is 98.2 cm³/mol. The van der Waals surface area contributed by atoms with Crippen LogP contribution in [-0.4, -0.2) is 45.5 Å². The van der Waals surface area contributed by atoms with E-state index in [1.807, 2.05) is 19.9 Å². The third-order valence-electron chi connectivity index (χ3n) is 4.44. The Labute approximate surface area is 155 Å². The third kappa shape index (κ3) is 2.92. The quantitative estimate of drug-likeness (QED) is 0.754. The van der Waals surface area contributed by atoms with E-state index in [9.17, 15) is 5.11 Å². The van der Waals surface area contributed by atoms with Crippen molar-refractivity contribution in [2.24, 2.45) is 0 Å². The first-order chi connectivity index (χ1) is 12.6. The molecule has 1 aromatic carbocycles. The highest BCUT2D eigenvalue weighted by atomic mass is 35.5. The maximum atomic E-state index is 9.96. The van der Waals surface area contributed by atoms with Crippen LogP contribution in [0.5, 0.6) is 0 Å². The van der Waals surface area contributed by atoms with Gasteiger partial charge in [-0.3, -0.25) is 0 Å². The number of nitrogens with zero attached hydrogens (tertiary/aromatic N) is 4. The van der Waals surface area contributed by atoms with Gasteiger partial charge >= 0.3 is 0 Å². The monoisotopic (exact) mass is 374 g/mol. The molecule has 0 saturated carbocycles. The smallest absolute Gasteiger partial charge is 0.188 e. The van der Waals surface area contributed by atoms with Crippen LogP contribution in [-0.2, 0) is 11.3 Å². The van der Waals surface area contributed by atoms with Crippen molar-refractivity contribution in [2.75, 3.05) is 18.0 Å². The highest BCUT2D eigenvalue weighted by Gasteiger charge is 2.28. The molecule has 7 nitrogen and oxygen atoms in total. The summed E-state index contributed by atoms with van der Waals surface area (Å²) in [5.41, 5.74) is 2.45. The molecule has 0 spiro atoms. The van der Waals surface area contributed by atoms with E-state index in [-0.39, 0.29) is 18.8 Å². The van der Waals surface area contributed by atoms with Gasteiger partial charge in [-0.2, -0.15) is 0 Å². The molecule has 3 aromatic rings. The van der Waals surface area contributed by atoms with E-state index in [4.69, 9.17) is 20.9 Å². The Morgan fingerprint density at radius 2 is 1.92 bits per heavy atom. The van der Waals surface area contributed by atoms with Crippen LogP contribution in [0.2, 0.25) is 5.02 Å². The lowest BCUT2D eigenvalue weighted by molar-refractivity contribution is -0.00531. The van der Waals surface area contributed by atoms with Gasteiger partial charge in [0.2, 0.25) is 0 Å². The molecular weight excluding hydrogens is 356 g/mol. The van der Waals surface area contributed by atoms with Gasteiger partial charge in [-0.15, -0.1) is 0 Å². The number of rotatable bonds is 3. The van der Waals surface area contributed by atoms with E-state index in [0.717, 1.165) is 5.69 Å². The molecule has 8 heteroatoms. The summed E-state index contributed by atoms with van der Waals surface area (Å²) < 4.78 is 11.3. The summed E-state index contributed by atoms with van der Waals surface area (Å²) in [6.07, 6.45) is 3.42. The van der Waals surface area contributed by atoms with Crippen LogP contribution in [0.15, 0.2) is 29.0 Å². The number of halogens is 1. The van der Waals surface area contributed by atoms with Crippen molar-refractivity contribution in [1.29, 1.82) is 0 Å². The fourth-order valence-electron chi connectivity index (χ4n) is 3.49. The van der Waals surface area contributed by atoms with Crippen molar-refractivity contribution >= 4 is 28.3 Å². The van der Waals surface area contributed by atoms with Crippen LogP contribution in [0.4, 0.5) is 5.69 Å². The topological polar surface area (TPSA) is 84.5 Å². The Bertz CT molecular complexity index is 921. The minimum Gasteiger partial charge on any atom is -0.392 e. The number of fused-ring (bicyclic) bond motifs is 1. The number of ether oxygens (including phenoxy) is 1. The van der Waals surface area contributed by atoms with Crippen molar-refractivity contribution in [3.63, 3.8) is 0 Å². The van der Waals surface area contributed by atoms with Crippen LogP contribution < -0.4 is 4.90 Å². The van der Waals surface area contributed by atoms with E-state index < -0.39 is 0 Å². The van der Waals surface area contributed by atoms with E-state index in [1.54, 1.807) is 18.5 Å². The maximum Gasteiger partial charge on any atom is 0.188 e. The Morgan fingerprint density at radius 3 is 2.58 bits per heavy atom. The fourth-order valence-corrected chi connectivity index (χ4v) is 3.86. The Morgan fingerprint density at radius 1 is 1.23 bits per heavy atom. The number of anilines is 1. The molecule has 0 aliphatic carbocycles. The summed E-state index contributed by atoms with van der Waals surface area (Å²) in [5, 5.41) is 15.2. The maximum absolute atomic E-state index is 9.96. The lowest BCUT2D eigenvalue weighted by atomic mass is 10.1. The number of aliphatic hydroxyl groups excluding tert-OH is 1. The number of morpholine rings is 1. The van der Waals surface area contributed by atoms with Gasteiger partial charge < -0.3 is 19.3 Å². The first-order valence-corrected chi connectivity index (χ1v) is 8.85. The molecule has 1 aliphatic heterocycles. The van der Waals surface area contributed by atoms with Gasteiger partial charge in [0.05, 0.1) is 29.9 Å². The van der Waals surface area contributed by atoms with Gasteiger partial charge in [0.25, 0.3) is 0 Å². The van der Waals surface area contributed by atoms with Crippen LogP contribution in [0.25, 0.3) is 22.5 Å². The largest absolute Gasteiger partial charge is 0.392 e. The van der Waals surface area contributed by atoms with Crippen molar-refractivity contribution < 1.29 is 14.4 Å². The summed E-state index contributed by atoms with van der Waals surface area (Å²) in [6, 6.07) is 3.58. The highest BCUT2D eigenvalue weighted by Crippen LogP contribution is 2.41. The molecule has 1 fully saturated rings. The minimum atomic E-state index is -0.147. The SMILES string of the molecule is C[C@@H]1CN(c2c(CO)cc3c(-c4ncccn4)noc3c2Cl)C[C@H](C)O1. The van der Waals surface area contributed by atoms with Gasteiger partial charge in [-0.05, 0) is 26.0 Å². The second-order valence-corrected chi connectivity index (χ2v) is 6.88. The van der Waals surface area contributed by atoms with Crippen molar-refractivity contribution in [3.05, 3.63) is 35.1 Å². The molecule has 0 unspecified atom stereocenters. The molecule has 0 radical (unpaired) electrons. The fraction of sp³-hybridized carbons (Fsp3) is 0.389. The molecule has 2 aromatic heterocycles. The number of hydrogen-bond acceptors (Lipinski definition) is 7. The molecule has 4 rings (SSSR count). The number of aliphatic hydroxyl groups is 1. The van der Waals surface area contributed by atoms with E-state index in [0.29, 0.717) is 46.2 Å². The van der Waals surface area contributed by atoms with Gasteiger partial charge in [-0.1, -0.05) is 16.8 Å². The zero-order chi connectivity index (χ0) is 18.3. The van der Waals surface area contributed by atoms with Gasteiger partial charge in [0, 0.05) is 31.0 Å². The summed E-state index contributed by atoms with van der Waals surface area (Å²) in [4.78, 5) is 10.6. The summed E-state index contributed by atoms with van der Waals surface area (Å²) in [5.74, 6) is 0.451. The summed E-state index contributed by atoms with van der Waals surface area (Å²) in [7, 11) is 0. The first kappa shape index (κ1) is 17.2. The third-order valence-corrected chi connectivity index (χ3v) is 4.79. The molecule has 3 heterocycles. The molecule has 136 valence electrons. The molecule has 0 amide bonds. The standard InChI is InChI=1S/C18H19ClN4O3/c1-10-7-23(8-11(2)25-10)16-12(9-24)6-13-15(18-20-4-3-5-21-18)22-26-17(13)14(16)19/h3-6,10-11,24H,7-9H2,1-2H3/t10-,11+. The van der Waals surface area contributed by atoms with Crippen molar-refractivity contribution in [1.82, 2.24) is 15.1 Å². The lowest BCUT2D eigenvalue weighted by Gasteiger charge is -2.38. The van der Waals surface area contributed by atoms with Crippen molar-refractivity contribution in [2.45, 2.75) is 32.7 Å².